The van der Waals surface area contributed by atoms with Crippen molar-refractivity contribution in [1.82, 2.24) is 5.32 Å². The standard InChI is InChI=1S/C20H23N3O3S/c1-13(2)20(26)23-8-3-4-15-5-6-16(10-17(15)23)22-19(25)18(24)21-11-14-7-9-27-12-14/h5-7,9-10,12-13H,3-4,8,11H2,1-2H3,(H,21,24)(H,22,25). The molecule has 1 aromatic carbocycles. The monoisotopic (exact) mass is 385 g/mol. The Morgan fingerprint density at radius 2 is 2.00 bits per heavy atom. The molecule has 0 bridgehead atoms. The molecule has 2 heterocycles. The molecule has 0 atom stereocenters. The van der Waals surface area contributed by atoms with Gasteiger partial charge in [0.25, 0.3) is 0 Å². The van der Waals surface area contributed by atoms with Gasteiger partial charge in [0.1, 0.15) is 0 Å². The summed E-state index contributed by atoms with van der Waals surface area (Å²) < 4.78 is 0. The van der Waals surface area contributed by atoms with Crippen LogP contribution in [-0.2, 0) is 27.3 Å². The summed E-state index contributed by atoms with van der Waals surface area (Å²) in [5, 5.41) is 9.06. The third kappa shape index (κ3) is 4.54. The van der Waals surface area contributed by atoms with E-state index in [-0.39, 0.29) is 11.8 Å². The third-order valence-electron chi connectivity index (χ3n) is 4.46. The molecule has 0 saturated heterocycles. The molecule has 2 aromatic rings. The lowest BCUT2D eigenvalue weighted by Crippen LogP contribution is -2.38. The van der Waals surface area contributed by atoms with Gasteiger partial charge in [0.05, 0.1) is 0 Å². The normalized spacial score (nSPS) is 13.2. The lowest BCUT2D eigenvalue weighted by molar-refractivity contribution is -0.136. The first-order valence-corrected chi connectivity index (χ1v) is 9.94. The zero-order chi connectivity index (χ0) is 19.4. The van der Waals surface area contributed by atoms with E-state index in [0.29, 0.717) is 18.8 Å². The number of nitrogens with zero attached hydrogens (tertiary/aromatic N) is 1. The molecule has 3 amide bonds. The topological polar surface area (TPSA) is 78.5 Å². The highest BCUT2D eigenvalue weighted by atomic mass is 32.1. The molecule has 0 fully saturated rings. The second kappa shape index (κ2) is 8.35. The van der Waals surface area contributed by atoms with E-state index in [2.05, 4.69) is 10.6 Å². The van der Waals surface area contributed by atoms with Crippen LogP contribution in [0.3, 0.4) is 0 Å². The Hall–Kier alpha value is -2.67. The van der Waals surface area contributed by atoms with Gasteiger partial charge < -0.3 is 15.5 Å². The minimum Gasteiger partial charge on any atom is -0.344 e. The zero-order valence-electron chi connectivity index (χ0n) is 15.5. The van der Waals surface area contributed by atoms with E-state index in [0.717, 1.165) is 29.7 Å². The van der Waals surface area contributed by atoms with E-state index in [1.807, 2.05) is 36.7 Å². The van der Waals surface area contributed by atoms with Crippen molar-refractivity contribution < 1.29 is 14.4 Å². The van der Waals surface area contributed by atoms with Gasteiger partial charge in [0, 0.05) is 30.4 Å². The van der Waals surface area contributed by atoms with Crippen LogP contribution in [-0.4, -0.2) is 24.3 Å². The van der Waals surface area contributed by atoms with Crippen molar-refractivity contribution in [2.24, 2.45) is 5.92 Å². The van der Waals surface area contributed by atoms with Crippen LogP contribution in [0, 0.1) is 5.92 Å². The molecule has 2 N–H and O–H groups in total. The lowest BCUT2D eigenvalue weighted by Gasteiger charge is -2.31. The number of rotatable bonds is 4. The van der Waals surface area contributed by atoms with Gasteiger partial charge in [-0.05, 0) is 52.9 Å². The number of thiophene rings is 1. The van der Waals surface area contributed by atoms with Gasteiger partial charge in [-0.25, -0.2) is 0 Å². The Kier molecular flexibility index (Phi) is 5.91. The predicted molar refractivity (Wildman–Crippen MR) is 107 cm³/mol. The fourth-order valence-electron chi connectivity index (χ4n) is 3.04. The molecule has 7 heteroatoms. The number of hydrogen-bond acceptors (Lipinski definition) is 4. The Labute approximate surface area is 162 Å². The van der Waals surface area contributed by atoms with Crippen LogP contribution in [0.25, 0.3) is 0 Å². The minimum atomic E-state index is -0.720. The number of hydrogen-bond donors (Lipinski definition) is 2. The molecule has 1 aliphatic heterocycles. The summed E-state index contributed by atoms with van der Waals surface area (Å²) in [5.41, 5.74) is 3.36. The van der Waals surface area contributed by atoms with E-state index in [1.165, 1.54) is 11.3 Å². The number of amides is 3. The highest BCUT2D eigenvalue weighted by molar-refractivity contribution is 7.07. The number of anilines is 2. The average molecular weight is 385 g/mol. The second-order valence-electron chi connectivity index (χ2n) is 6.86. The maximum atomic E-state index is 12.5. The van der Waals surface area contributed by atoms with E-state index >= 15 is 0 Å². The van der Waals surface area contributed by atoms with E-state index < -0.39 is 11.8 Å². The number of aryl methyl sites for hydroxylation is 1. The molecule has 1 aliphatic rings. The molecule has 142 valence electrons. The number of carbonyl (C=O) groups is 3. The summed E-state index contributed by atoms with van der Waals surface area (Å²) >= 11 is 1.54. The van der Waals surface area contributed by atoms with Crippen molar-refractivity contribution >= 4 is 40.4 Å². The van der Waals surface area contributed by atoms with Crippen LogP contribution >= 0.6 is 11.3 Å². The Bertz CT molecular complexity index is 846. The fraction of sp³-hybridized carbons (Fsp3) is 0.350. The summed E-state index contributed by atoms with van der Waals surface area (Å²) in [4.78, 5) is 38.4. The summed E-state index contributed by atoms with van der Waals surface area (Å²) in [7, 11) is 0. The van der Waals surface area contributed by atoms with Crippen molar-refractivity contribution in [2.75, 3.05) is 16.8 Å². The molecule has 0 aliphatic carbocycles. The van der Waals surface area contributed by atoms with Crippen LogP contribution < -0.4 is 15.5 Å². The maximum absolute atomic E-state index is 12.5. The maximum Gasteiger partial charge on any atom is 0.313 e. The van der Waals surface area contributed by atoms with Crippen molar-refractivity contribution in [1.29, 1.82) is 0 Å². The van der Waals surface area contributed by atoms with Gasteiger partial charge in [0.2, 0.25) is 5.91 Å². The van der Waals surface area contributed by atoms with Gasteiger partial charge in [-0.2, -0.15) is 11.3 Å². The van der Waals surface area contributed by atoms with Crippen molar-refractivity contribution in [2.45, 2.75) is 33.2 Å². The van der Waals surface area contributed by atoms with Crippen LogP contribution in [0.4, 0.5) is 11.4 Å². The average Bonchev–Trinajstić information content (AvgIpc) is 3.18. The Morgan fingerprint density at radius 1 is 1.19 bits per heavy atom. The molecular formula is C20H23N3O3S. The summed E-state index contributed by atoms with van der Waals surface area (Å²) in [6.07, 6.45) is 1.81. The van der Waals surface area contributed by atoms with Gasteiger partial charge in [-0.3, -0.25) is 14.4 Å². The number of carbonyl (C=O) groups excluding carboxylic acids is 3. The minimum absolute atomic E-state index is 0.0629. The van der Waals surface area contributed by atoms with Gasteiger partial charge in [0.15, 0.2) is 0 Å². The summed E-state index contributed by atoms with van der Waals surface area (Å²) in [6.45, 7) is 4.74. The quantitative estimate of drug-likeness (QED) is 0.795. The smallest absolute Gasteiger partial charge is 0.313 e. The van der Waals surface area contributed by atoms with Crippen LogP contribution in [0.2, 0.25) is 0 Å². The molecule has 0 saturated carbocycles. The molecule has 27 heavy (non-hydrogen) atoms. The highest BCUT2D eigenvalue weighted by Crippen LogP contribution is 2.31. The van der Waals surface area contributed by atoms with E-state index in [1.54, 1.807) is 17.0 Å². The number of nitrogens with one attached hydrogen (secondary N) is 2. The SMILES string of the molecule is CC(C)C(=O)N1CCCc2ccc(NC(=O)C(=O)NCc3ccsc3)cc21. The molecule has 3 rings (SSSR count). The van der Waals surface area contributed by atoms with Crippen LogP contribution in [0.15, 0.2) is 35.0 Å². The van der Waals surface area contributed by atoms with E-state index in [9.17, 15) is 14.4 Å². The predicted octanol–water partition coefficient (Wildman–Crippen LogP) is 2.94. The second-order valence-corrected chi connectivity index (χ2v) is 7.64. The van der Waals surface area contributed by atoms with Gasteiger partial charge in [-0.15, -0.1) is 0 Å². The van der Waals surface area contributed by atoms with E-state index in [4.69, 9.17) is 0 Å². The first kappa shape index (κ1) is 19.1. The van der Waals surface area contributed by atoms with Crippen molar-refractivity contribution in [3.8, 4) is 0 Å². The lowest BCUT2D eigenvalue weighted by atomic mass is 9.99. The first-order valence-electron chi connectivity index (χ1n) is 9.00. The summed E-state index contributed by atoms with van der Waals surface area (Å²) in [6, 6.07) is 7.35. The molecule has 0 spiro atoms. The Balaban J connectivity index is 1.68. The summed E-state index contributed by atoms with van der Waals surface area (Å²) in [5.74, 6) is -1.44. The largest absolute Gasteiger partial charge is 0.344 e. The fourth-order valence-corrected chi connectivity index (χ4v) is 3.71. The first-order chi connectivity index (χ1) is 13.0. The molecule has 1 aromatic heterocycles. The Morgan fingerprint density at radius 3 is 2.70 bits per heavy atom. The third-order valence-corrected chi connectivity index (χ3v) is 5.19. The van der Waals surface area contributed by atoms with Crippen LogP contribution in [0.5, 0.6) is 0 Å². The van der Waals surface area contributed by atoms with Crippen molar-refractivity contribution in [3.63, 3.8) is 0 Å². The molecular weight excluding hydrogens is 362 g/mol. The molecule has 6 nitrogen and oxygen atoms in total. The van der Waals surface area contributed by atoms with Gasteiger partial charge >= 0.3 is 11.8 Å². The van der Waals surface area contributed by atoms with Crippen LogP contribution in [0.1, 0.15) is 31.4 Å². The number of fused-ring (bicyclic) bond motifs is 1. The van der Waals surface area contributed by atoms with Gasteiger partial charge in [-0.1, -0.05) is 19.9 Å². The molecule has 0 radical (unpaired) electrons. The van der Waals surface area contributed by atoms with Crippen molar-refractivity contribution in [3.05, 3.63) is 46.2 Å². The number of benzene rings is 1. The highest BCUT2D eigenvalue weighted by Gasteiger charge is 2.25. The zero-order valence-corrected chi connectivity index (χ0v) is 16.3. The molecule has 0 unspecified atom stereocenters.